The van der Waals surface area contributed by atoms with Crippen LogP contribution in [0.3, 0.4) is 0 Å². The van der Waals surface area contributed by atoms with E-state index >= 15 is 0 Å². The highest BCUT2D eigenvalue weighted by Crippen LogP contribution is 2.25. The van der Waals surface area contributed by atoms with Gasteiger partial charge in [-0.05, 0) is 53.5 Å². The number of Topliss-reactive ketones (excluding diaryl/α,β-unsaturated/α-hetero) is 1. The van der Waals surface area contributed by atoms with Gasteiger partial charge in [0.1, 0.15) is 0 Å². The summed E-state index contributed by atoms with van der Waals surface area (Å²) in [5, 5.41) is 3.50. The van der Waals surface area contributed by atoms with E-state index in [2.05, 4.69) is 50.6 Å². The summed E-state index contributed by atoms with van der Waals surface area (Å²) in [5.74, 6) is 0.229. The van der Waals surface area contributed by atoms with E-state index in [1.807, 2.05) is 0 Å². The van der Waals surface area contributed by atoms with E-state index in [0.29, 0.717) is 12.6 Å². The molecule has 2 rings (SSSR count). The summed E-state index contributed by atoms with van der Waals surface area (Å²) in [4.78, 5) is 12.6. The van der Waals surface area contributed by atoms with Crippen molar-refractivity contribution in [2.75, 3.05) is 6.54 Å². The predicted octanol–water partition coefficient (Wildman–Crippen LogP) is 4.36. The molecule has 1 aliphatic carbocycles. The van der Waals surface area contributed by atoms with Gasteiger partial charge in [0, 0.05) is 28.5 Å². The average molecular weight is 304 g/mol. The Morgan fingerprint density at radius 3 is 2.27 bits per heavy atom. The van der Waals surface area contributed by atoms with Crippen molar-refractivity contribution in [3.8, 4) is 0 Å². The zero-order valence-electron chi connectivity index (χ0n) is 15.0. The molecule has 0 aliphatic heterocycles. The Kier molecular flexibility index (Phi) is 5.49. The number of hydrogen-bond donors (Lipinski definition) is 1. The topological polar surface area (TPSA) is 34.0 Å². The van der Waals surface area contributed by atoms with Crippen LogP contribution in [-0.2, 0) is 5.54 Å². The van der Waals surface area contributed by atoms with Crippen molar-refractivity contribution in [1.82, 2.24) is 9.88 Å². The van der Waals surface area contributed by atoms with Crippen molar-refractivity contribution in [1.29, 1.82) is 0 Å². The van der Waals surface area contributed by atoms with Crippen molar-refractivity contribution < 1.29 is 4.79 Å². The minimum absolute atomic E-state index is 0.0153. The number of nitrogens with zero attached hydrogens (tertiary/aromatic N) is 1. The van der Waals surface area contributed by atoms with Crippen LogP contribution in [0, 0.1) is 13.8 Å². The van der Waals surface area contributed by atoms with Crippen LogP contribution in [0.15, 0.2) is 6.07 Å². The second-order valence-electron chi connectivity index (χ2n) is 7.78. The number of carbonyl (C=O) groups is 1. The molecule has 1 aliphatic rings. The van der Waals surface area contributed by atoms with E-state index in [0.717, 1.165) is 11.3 Å². The summed E-state index contributed by atoms with van der Waals surface area (Å²) >= 11 is 0. The lowest BCUT2D eigenvalue weighted by Crippen LogP contribution is -2.33. The molecule has 0 bridgehead atoms. The van der Waals surface area contributed by atoms with E-state index in [1.165, 1.54) is 44.2 Å². The number of hydrogen-bond acceptors (Lipinski definition) is 2. The molecule has 0 spiro atoms. The Balaban J connectivity index is 2.04. The van der Waals surface area contributed by atoms with Crippen molar-refractivity contribution in [3.63, 3.8) is 0 Å². The zero-order valence-corrected chi connectivity index (χ0v) is 15.0. The lowest BCUT2D eigenvalue weighted by atomic mass is 10.1. The molecule has 1 N–H and O–H groups in total. The summed E-state index contributed by atoms with van der Waals surface area (Å²) in [7, 11) is 0. The van der Waals surface area contributed by atoms with Crippen molar-refractivity contribution in [2.24, 2.45) is 0 Å². The quantitative estimate of drug-likeness (QED) is 0.662. The van der Waals surface area contributed by atoms with Crippen LogP contribution in [0.1, 0.15) is 81.0 Å². The maximum atomic E-state index is 12.6. The molecule has 22 heavy (non-hydrogen) atoms. The first kappa shape index (κ1) is 17.3. The van der Waals surface area contributed by atoms with E-state index in [-0.39, 0.29) is 11.3 Å². The maximum Gasteiger partial charge on any atom is 0.178 e. The molecular formula is C19H32N2O. The summed E-state index contributed by atoms with van der Waals surface area (Å²) in [6.45, 7) is 11.2. The van der Waals surface area contributed by atoms with Gasteiger partial charge < -0.3 is 9.88 Å². The Hall–Kier alpha value is -1.09. The molecule has 1 heterocycles. The standard InChI is InChI=1S/C19H32N2O/c1-14-12-17(15(2)21(14)19(3,4)5)18(22)13-20-16-10-8-6-7-9-11-16/h12,16,20H,6-11,13H2,1-5H3. The first-order chi connectivity index (χ1) is 10.3. The SMILES string of the molecule is Cc1cc(C(=O)CNC2CCCCCC2)c(C)n1C(C)(C)C. The van der Waals surface area contributed by atoms with Gasteiger partial charge in [-0.15, -0.1) is 0 Å². The van der Waals surface area contributed by atoms with Gasteiger partial charge in [0.15, 0.2) is 5.78 Å². The number of aryl methyl sites for hydroxylation is 1. The second-order valence-corrected chi connectivity index (χ2v) is 7.78. The lowest BCUT2D eigenvalue weighted by Gasteiger charge is -2.26. The summed E-state index contributed by atoms with van der Waals surface area (Å²) < 4.78 is 2.27. The van der Waals surface area contributed by atoms with Crippen molar-refractivity contribution in [3.05, 3.63) is 23.0 Å². The number of nitrogens with one attached hydrogen (secondary N) is 1. The second kappa shape index (κ2) is 6.99. The van der Waals surface area contributed by atoms with Crippen LogP contribution in [0.4, 0.5) is 0 Å². The van der Waals surface area contributed by atoms with E-state index in [9.17, 15) is 4.79 Å². The zero-order chi connectivity index (χ0) is 16.3. The normalized spacial score (nSPS) is 17.5. The van der Waals surface area contributed by atoms with Gasteiger partial charge >= 0.3 is 0 Å². The van der Waals surface area contributed by atoms with Gasteiger partial charge in [-0.25, -0.2) is 0 Å². The number of carbonyl (C=O) groups excluding carboxylic acids is 1. The summed E-state index contributed by atoms with van der Waals surface area (Å²) in [5.41, 5.74) is 3.16. The van der Waals surface area contributed by atoms with Gasteiger partial charge in [0.2, 0.25) is 0 Å². The highest BCUT2D eigenvalue weighted by Gasteiger charge is 2.23. The van der Waals surface area contributed by atoms with Crippen LogP contribution in [-0.4, -0.2) is 22.9 Å². The number of aromatic nitrogens is 1. The molecule has 1 fully saturated rings. The lowest BCUT2D eigenvalue weighted by molar-refractivity contribution is 0.0985. The van der Waals surface area contributed by atoms with Crippen molar-refractivity contribution >= 4 is 5.78 Å². The highest BCUT2D eigenvalue weighted by molar-refractivity contribution is 5.99. The van der Waals surface area contributed by atoms with Gasteiger partial charge in [0.05, 0.1) is 6.54 Å². The third kappa shape index (κ3) is 4.01. The maximum absolute atomic E-state index is 12.6. The molecule has 0 saturated heterocycles. The number of ketones is 1. The van der Waals surface area contributed by atoms with E-state index in [4.69, 9.17) is 0 Å². The molecule has 0 aromatic carbocycles. The van der Waals surface area contributed by atoms with Gasteiger partial charge in [-0.2, -0.15) is 0 Å². The molecule has 3 heteroatoms. The first-order valence-electron chi connectivity index (χ1n) is 8.76. The van der Waals surface area contributed by atoms with E-state index < -0.39 is 0 Å². The first-order valence-corrected chi connectivity index (χ1v) is 8.76. The Morgan fingerprint density at radius 2 is 1.77 bits per heavy atom. The van der Waals surface area contributed by atoms with Crippen LogP contribution in [0.25, 0.3) is 0 Å². The van der Waals surface area contributed by atoms with E-state index in [1.54, 1.807) is 0 Å². The molecule has 0 atom stereocenters. The van der Waals surface area contributed by atoms with Gasteiger partial charge in [-0.3, -0.25) is 4.79 Å². The van der Waals surface area contributed by atoms with Gasteiger partial charge in [0.25, 0.3) is 0 Å². The largest absolute Gasteiger partial charge is 0.343 e. The molecular weight excluding hydrogens is 272 g/mol. The molecule has 124 valence electrons. The molecule has 1 saturated carbocycles. The third-order valence-electron chi connectivity index (χ3n) is 4.81. The van der Waals surface area contributed by atoms with Crippen LogP contribution >= 0.6 is 0 Å². The molecule has 0 unspecified atom stereocenters. The highest BCUT2D eigenvalue weighted by atomic mass is 16.1. The average Bonchev–Trinajstić information content (AvgIpc) is 2.62. The minimum Gasteiger partial charge on any atom is -0.343 e. The van der Waals surface area contributed by atoms with Crippen LogP contribution in [0.5, 0.6) is 0 Å². The molecule has 0 radical (unpaired) electrons. The fraction of sp³-hybridized carbons (Fsp3) is 0.737. The molecule has 1 aromatic heterocycles. The summed E-state index contributed by atoms with van der Waals surface area (Å²) in [6.07, 6.45) is 7.72. The van der Waals surface area contributed by atoms with Crippen molar-refractivity contribution in [2.45, 2.75) is 84.7 Å². The monoisotopic (exact) mass is 304 g/mol. The smallest absolute Gasteiger partial charge is 0.178 e. The molecule has 1 aromatic rings. The summed E-state index contributed by atoms with van der Waals surface area (Å²) in [6, 6.07) is 2.58. The Bertz CT molecular complexity index is 514. The Labute approximate surface area is 135 Å². The number of rotatable bonds is 4. The fourth-order valence-corrected chi connectivity index (χ4v) is 3.89. The van der Waals surface area contributed by atoms with Crippen LogP contribution < -0.4 is 5.32 Å². The third-order valence-corrected chi connectivity index (χ3v) is 4.81. The Morgan fingerprint density at radius 1 is 1.18 bits per heavy atom. The predicted molar refractivity (Wildman–Crippen MR) is 92.7 cm³/mol. The molecule has 0 amide bonds. The fourth-order valence-electron chi connectivity index (χ4n) is 3.89. The minimum atomic E-state index is 0.0153. The van der Waals surface area contributed by atoms with Crippen LogP contribution in [0.2, 0.25) is 0 Å². The molecule has 3 nitrogen and oxygen atoms in total. The van der Waals surface area contributed by atoms with Gasteiger partial charge in [-0.1, -0.05) is 25.7 Å².